The monoisotopic (exact) mass is 341 g/mol. The van der Waals surface area contributed by atoms with Gasteiger partial charge in [0.25, 0.3) is 5.91 Å². The molecule has 1 heterocycles. The van der Waals surface area contributed by atoms with E-state index in [4.69, 9.17) is 4.74 Å². The molecular formula is C19H23N3O3. The molecule has 1 fully saturated rings. The smallest absolute Gasteiger partial charge is 0.251 e. The molecule has 6 nitrogen and oxygen atoms in total. The molecule has 2 aromatic rings. The normalized spacial score (nSPS) is 15.2. The van der Waals surface area contributed by atoms with E-state index in [-0.39, 0.29) is 18.4 Å². The SMILES string of the molecule is COc1ccc2cc(C(=O)NCC(=O)N3CCN(C)CC3)ccc2c1. The van der Waals surface area contributed by atoms with Gasteiger partial charge in [-0.15, -0.1) is 0 Å². The summed E-state index contributed by atoms with van der Waals surface area (Å²) in [5.41, 5.74) is 0.545. The minimum absolute atomic E-state index is 0.0309. The Morgan fingerprint density at radius 2 is 1.72 bits per heavy atom. The maximum Gasteiger partial charge on any atom is 0.251 e. The fourth-order valence-corrected chi connectivity index (χ4v) is 2.92. The molecule has 0 atom stereocenters. The average molecular weight is 341 g/mol. The molecule has 1 saturated heterocycles. The molecule has 0 bridgehead atoms. The Hall–Kier alpha value is -2.60. The van der Waals surface area contributed by atoms with Crippen LogP contribution >= 0.6 is 0 Å². The van der Waals surface area contributed by atoms with Crippen LogP contribution in [0.5, 0.6) is 5.75 Å². The molecule has 1 N–H and O–H groups in total. The van der Waals surface area contributed by atoms with Gasteiger partial charge in [-0.2, -0.15) is 0 Å². The summed E-state index contributed by atoms with van der Waals surface area (Å²) in [6, 6.07) is 11.2. The highest BCUT2D eigenvalue weighted by atomic mass is 16.5. The average Bonchev–Trinajstić information content (AvgIpc) is 2.65. The van der Waals surface area contributed by atoms with E-state index in [0.29, 0.717) is 18.7 Å². The standard InChI is InChI=1S/C19H23N3O3/c1-21-7-9-22(10-8-21)18(23)13-20-19(24)16-4-3-15-12-17(25-2)6-5-14(15)11-16/h3-6,11-12H,7-10,13H2,1-2H3,(H,20,24). The fraction of sp³-hybridized carbons (Fsp3) is 0.368. The van der Waals surface area contributed by atoms with Crippen LogP contribution in [0.1, 0.15) is 10.4 Å². The molecule has 1 aliphatic rings. The number of hydrogen-bond acceptors (Lipinski definition) is 4. The molecule has 0 unspecified atom stereocenters. The van der Waals surface area contributed by atoms with E-state index < -0.39 is 0 Å². The molecule has 2 amide bonds. The van der Waals surface area contributed by atoms with E-state index >= 15 is 0 Å². The number of ether oxygens (including phenoxy) is 1. The second-order valence-corrected chi connectivity index (χ2v) is 6.29. The number of nitrogens with one attached hydrogen (secondary N) is 1. The number of fused-ring (bicyclic) bond motifs is 1. The van der Waals surface area contributed by atoms with Gasteiger partial charge < -0.3 is 19.9 Å². The lowest BCUT2D eigenvalue weighted by atomic mass is 10.1. The van der Waals surface area contributed by atoms with Crippen molar-refractivity contribution in [1.82, 2.24) is 15.1 Å². The second-order valence-electron chi connectivity index (χ2n) is 6.29. The number of carbonyl (C=O) groups is 2. The van der Waals surface area contributed by atoms with Gasteiger partial charge in [0.05, 0.1) is 13.7 Å². The van der Waals surface area contributed by atoms with Crippen molar-refractivity contribution in [3.63, 3.8) is 0 Å². The molecule has 0 spiro atoms. The van der Waals surface area contributed by atoms with Gasteiger partial charge in [0.15, 0.2) is 0 Å². The Kier molecular flexibility index (Phi) is 5.19. The molecule has 6 heteroatoms. The second kappa shape index (κ2) is 7.53. The van der Waals surface area contributed by atoms with Gasteiger partial charge in [0, 0.05) is 31.7 Å². The zero-order valence-electron chi connectivity index (χ0n) is 14.6. The number of likely N-dealkylation sites (N-methyl/N-ethyl adjacent to an activating group) is 1. The van der Waals surface area contributed by atoms with Crippen molar-refractivity contribution in [2.24, 2.45) is 0 Å². The van der Waals surface area contributed by atoms with Gasteiger partial charge in [-0.05, 0) is 42.1 Å². The zero-order valence-corrected chi connectivity index (χ0v) is 14.6. The first-order valence-electron chi connectivity index (χ1n) is 8.39. The molecule has 0 saturated carbocycles. The number of rotatable bonds is 4. The summed E-state index contributed by atoms with van der Waals surface area (Å²) in [5, 5.41) is 4.69. The molecule has 3 rings (SSSR count). The predicted octanol–water partition coefficient (Wildman–Crippen LogP) is 1.35. The molecule has 0 aromatic heterocycles. The van der Waals surface area contributed by atoms with Crippen molar-refractivity contribution in [3.8, 4) is 5.75 Å². The van der Waals surface area contributed by atoms with Crippen molar-refractivity contribution >= 4 is 22.6 Å². The maximum absolute atomic E-state index is 12.3. The molecular weight excluding hydrogens is 318 g/mol. The lowest BCUT2D eigenvalue weighted by Crippen LogP contribution is -2.50. The van der Waals surface area contributed by atoms with E-state index in [9.17, 15) is 9.59 Å². The van der Waals surface area contributed by atoms with Crippen LogP contribution in [0, 0.1) is 0 Å². The number of hydrogen-bond donors (Lipinski definition) is 1. The molecule has 0 radical (unpaired) electrons. The number of carbonyl (C=O) groups excluding carboxylic acids is 2. The van der Waals surface area contributed by atoms with Crippen LogP contribution in [0.15, 0.2) is 36.4 Å². The Bertz CT molecular complexity index is 783. The van der Waals surface area contributed by atoms with Crippen LogP contribution in [0.3, 0.4) is 0 Å². The maximum atomic E-state index is 12.3. The molecule has 25 heavy (non-hydrogen) atoms. The Labute approximate surface area is 147 Å². The first kappa shape index (κ1) is 17.2. The lowest BCUT2D eigenvalue weighted by molar-refractivity contribution is -0.131. The number of methoxy groups -OCH3 is 1. The number of benzene rings is 2. The summed E-state index contributed by atoms with van der Waals surface area (Å²) >= 11 is 0. The number of piperazine rings is 1. The summed E-state index contributed by atoms with van der Waals surface area (Å²) in [7, 11) is 3.67. The quantitative estimate of drug-likeness (QED) is 0.912. The summed E-state index contributed by atoms with van der Waals surface area (Å²) in [6.45, 7) is 3.19. The van der Waals surface area contributed by atoms with Gasteiger partial charge in [-0.3, -0.25) is 9.59 Å². The van der Waals surface area contributed by atoms with E-state index in [2.05, 4.69) is 10.2 Å². The Morgan fingerprint density at radius 1 is 1.04 bits per heavy atom. The van der Waals surface area contributed by atoms with Crippen molar-refractivity contribution in [2.75, 3.05) is 46.9 Å². The van der Waals surface area contributed by atoms with E-state index in [1.165, 1.54) is 0 Å². The third-order valence-electron chi connectivity index (χ3n) is 4.57. The summed E-state index contributed by atoms with van der Waals surface area (Å²) in [6.07, 6.45) is 0. The Balaban J connectivity index is 1.61. The van der Waals surface area contributed by atoms with E-state index in [0.717, 1.165) is 29.6 Å². The van der Waals surface area contributed by atoms with Crippen LogP contribution in [-0.4, -0.2) is 68.5 Å². The van der Waals surface area contributed by atoms with Crippen LogP contribution in [-0.2, 0) is 4.79 Å². The summed E-state index contributed by atoms with van der Waals surface area (Å²) in [5.74, 6) is 0.509. The van der Waals surface area contributed by atoms with Gasteiger partial charge in [0.2, 0.25) is 5.91 Å². The highest BCUT2D eigenvalue weighted by Crippen LogP contribution is 2.21. The van der Waals surface area contributed by atoms with Gasteiger partial charge >= 0.3 is 0 Å². The minimum atomic E-state index is -0.236. The van der Waals surface area contributed by atoms with E-state index in [1.54, 1.807) is 18.1 Å². The number of nitrogens with zero attached hydrogens (tertiary/aromatic N) is 2. The highest BCUT2D eigenvalue weighted by Gasteiger charge is 2.19. The molecule has 0 aliphatic carbocycles. The first-order chi connectivity index (χ1) is 12.1. The van der Waals surface area contributed by atoms with Crippen molar-refractivity contribution in [1.29, 1.82) is 0 Å². The molecule has 132 valence electrons. The topological polar surface area (TPSA) is 61.9 Å². The minimum Gasteiger partial charge on any atom is -0.497 e. The lowest BCUT2D eigenvalue weighted by Gasteiger charge is -2.32. The van der Waals surface area contributed by atoms with Crippen LogP contribution in [0.4, 0.5) is 0 Å². The summed E-state index contributed by atoms with van der Waals surface area (Å²) in [4.78, 5) is 28.5. The molecule has 2 aromatic carbocycles. The fourth-order valence-electron chi connectivity index (χ4n) is 2.92. The first-order valence-corrected chi connectivity index (χ1v) is 8.39. The van der Waals surface area contributed by atoms with Crippen LogP contribution in [0.2, 0.25) is 0 Å². The van der Waals surface area contributed by atoms with Crippen LogP contribution < -0.4 is 10.1 Å². The van der Waals surface area contributed by atoms with Crippen molar-refractivity contribution in [3.05, 3.63) is 42.0 Å². The Morgan fingerprint density at radius 3 is 2.44 bits per heavy atom. The van der Waals surface area contributed by atoms with Gasteiger partial charge in [0.1, 0.15) is 5.75 Å². The highest BCUT2D eigenvalue weighted by molar-refractivity contribution is 6.00. The largest absolute Gasteiger partial charge is 0.497 e. The van der Waals surface area contributed by atoms with Crippen LogP contribution in [0.25, 0.3) is 10.8 Å². The van der Waals surface area contributed by atoms with Gasteiger partial charge in [-0.1, -0.05) is 12.1 Å². The van der Waals surface area contributed by atoms with Crippen molar-refractivity contribution in [2.45, 2.75) is 0 Å². The summed E-state index contributed by atoms with van der Waals surface area (Å²) < 4.78 is 5.20. The third-order valence-corrected chi connectivity index (χ3v) is 4.57. The third kappa shape index (κ3) is 4.09. The van der Waals surface area contributed by atoms with E-state index in [1.807, 2.05) is 37.4 Å². The molecule has 1 aliphatic heterocycles. The number of amides is 2. The predicted molar refractivity (Wildman–Crippen MR) is 96.9 cm³/mol. The van der Waals surface area contributed by atoms with Gasteiger partial charge in [-0.25, -0.2) is 0 Å². The van der Waals surface area contributed by atoms with Crippen molar-refractivity contribution < 1.29 is 14.3 Å². The zero-order chi connectivity index (χ0) is 17.8.